The molecule has 6 nitrogen and oxygen atoms in total. The van der Waals surface area contributed by atoms with E-state index >= 15 is 0 Å². The van der Waals surface area contributed by atoms with Crippen molar-refractivity contribution in [3.05, 3.63) is 30.3 Å². The first-order valence-electron chi connectivity index (χ1n) is 3.65. The minimum Gasteiger partial charge on any atom is -0.425 e. The van der Waals surface area contributed by atoms with Gasteiger partial charge in [0.25, 0.3) is 0 Å². The van der Waals surface area contributed by atoms with Crippen LogP contribution in [0.4, 0.5) is 0 Å². The number of esters is 1. The fourth-order valence-electron chi connectivity index (χ4n) is 0.690. The van der Waals surface area contributed by atoms with Crippen molar-refractivity contribution in [3.63, 3.8) is 0 Å². The summed E-state index contributed by atoms with van der Waals surface area (Å²) in [6.45, 7) is 1.37. The molecule has 6 heteroatoms. The van der Waals surface area contributed by atoms with Crippen LogP contribution in [-0.2, 0) is 4.79 Å². The van der Waals surface area contributed by atoms with E-state index in [2.05, 4.69) is 0 Å². The minimum absolute atomic E-state index is 0. The van der Waals surface area contributed by atoms with Crippen LogP contribution in [0.3, 0.4) is 0 Å². The topological polar surface area (TPSA) is 141 Å². The van der Waals surface area contributed by atoms with Crippen LogP contribution in [0.2, 0.25) is 0 Å². The number of hydrogen-bond donors (Lipinski definition) is 1. The number of para-hydroxylation sites is 1. The maximum absolute atomic E-state index is 10.8. The zero-order valence-corrected chi connectivity index (χ0v) is 8.23. The molecule has 15 heavy (non-hydrogen) atoms. The molecule has 0 radical (unpaired) electrons. The summed E-state index contributed by atoms with van der Waals surface area (Å²) in [5.74, 6) is -0.190. The molecule has 0 saturated heterocycles. The summed E-state index contributed by atoms with van der Waals surface area (Å²) in [7, 11) is 0. The van der Waals surface area contributed by atoms with Gasteiger partial charge in [0.1, 0.15) is 11.9 Å². The molecule has 0 aliphatic carbocycles. The zero-order chi connectivity index (χ0) is 8.97. The molecule has 0 aliphatic rings. The lowest BCUT2D eigenvalue weighted by Crippen LogP contribution is -2.21. The number of rotatable bonds is 2. The Labute approximate surface area is 87.0 Å². The maximum atomic E-state index is 10.8. The smallest absolute Gasteiger partial charge is 0.340 e. The van der Waals surface area contributed by atoms with Crippen molar-refractivity contribution < 1.29 is 31.1 Å². The lowest BCUT2D eigenvalue weighted by Gasteiger charge is -2.04. The molecule has 1 aromatic rings. The van der Waals surface area contributed by atoms with Crippen molar-refractivity contribution in [1.29, 1.82) is 0 Å². The Hall–Kier alpha value is -1.47. The average Bonchev–Trinajstić information content (AvgIpc) is 2.06. The number of benzene rings is 1. The third-order valence-electron chi connectivity index (χ3n) is 1.30. The summed E-state index contributed by atoms with van der Waals surface area (Å²) in [6.07, 6.45) is -1.08. The molecule has 0 bridgehead atoms. The van der Waals surface area contributed by atoms with Gasteiger partial charge in [-0.1, -0.05) is 18.2 Å². The molecule has 1 atom stereocenters. The highest BCUT2D eigenvalue weighted by Crippen LogP contribution is 2.08. The average molecular weight is 220 g/mol. The zero-order valence-electron chi connectivity index (χ0n) is 8.23. The molecular weight excluding hydrogens is 204 g/mol. The fourth-order valence-corrected chi connectivity index (χ4v) is 0.690. The van der Waals surface area contributed by atoms with Crippen molar-refractivity contribution in [2.45, 2.75) is 13.0 Å². The van der Waals surface area contributed by atoms with Gasteiger partial charge in [0.2, 0.25) is 0 Å². The molecule has 0 aromatic heterocycles. The second kappa shape index (κ2) is 9.10. The molecule has 0 amide bonds. The first-order valence-corrected chi connectivity index (χ1v) is 3.65. The summed E-state index contributed by atoms with van der Waals surface area (Å²) in [4.78, 5) is 10.8. The molecule has 7 N–H and O–H groups in total. The summed E-state index contributed by atoms with van der Waals surface area (Å²) in [5.41, 5.74) is 0. The highest BCUT2D eigenvalue weighted by Gasteiger charge is 2.10. The van der Waals surface area contributed by atoms with E-state index in [9.17, 15) is 4.79 Å². The highest BCUT2D eigenvalue weighted by molar-refractivity contribution is 5.76. The van der Waals surface area contributed by atoms with Crippen LogP contribution in [-0.4, -0.2) is 33.6 Å². The third-order valence-corrected chi connectivity index (χ3v) is 1.30. The van der Waals surface area contributed by atoms with Gasteiger partial charge in [0.05, 0.1) is 0 Å². The van der Waals surface area contributed by atoms with E-state index in [0.717, 1.165) is 0 Å². The Morgan fingerprint density at radius 1 is 1.20 bits per heavy atom. The van der Waals surface area contributed by atoms with E-state index in [0.29, 0.717) is 5.75 Å². The van der Waals surface area contributed by atoms with Crippen molar-refractivity contribution >= 4 is 5.97 Å². The maximum Gasteiger partial charge on any atom is 0.340 e. The van der Waals surface area contributed by atoms with E-state index in [1.54, 1.807) is 24.3 Å². The van der Waals surface area contributed by atoms with Crippen molar-refractivity contribution in [2.24, 2.45) is 0 Å². The second-order valence-electron chi connectivity index (χ2n) is 2.41. The number of ether oxygens (including phenoxy) is 1. The largest absolute Gasteiger partial charge is 0.425 e. The van der Waals surface area contributed by atoms with Crippen LogP contribution in [0.25, 0.3) is 0 Å². The van der Waals surface area contributed by atoms with Crippen molar-refractivity contribution in [2.75, 3.05) is 0 Å². The molecule has 0 aliphatic heterocycles. The Morgan fingerprint density at radius 2 is 1.67 bits per heavy atom. The molecule has 0 fully saturated rings. The molecule has 0 spiro atoms. The van der Waals surface area contributed by atoms with Gasteiger partial charge in [-0.3, -0.25) is 0 Å². The van der Waals surface area contributed by atoms with E-state index in [1.165, 1.54) is 6.92 Å². The van der Waals surface area contributed by atoms with Gasteiger partial charge in [0.15, 0.2) is 0 Å². The molecule has 1 unspecified atom stereocenters. The fraction of sp³-hybridized carbons (Fsp3) is 0.222. The quantitative estimate of drug-likeness (QED) is 0.478. The van der Waals surface area contributed by atoms with Crippen LogP contribution in [0.1, 0.15) is 6.92 Å². The lowest BCUT2D eigenvalue weighted by molar-refractivity contribution is -0.142. The van der Waals surface area contributed by atoms with Gasteiger partial charge in [0, 0.05) is 0 Å². The van der Waals surface area contributed by atoms with Crippen molar-refractivity contribution in [1.82, 2.24) is 0 Å². The van der Waals surface area contributed by atoms with E-state index in [1.807, 2.05) is 6.07 Å². The first-order chi connectivity index (χ1) is 5.70. The lowest BCUT2D eigenvalue weighted by atomic mass is 10.3. The molecule has 0 saturated carbocycles. The predicted octanol–water partition coefficient (Wildman–Crippen LogP) is -1.50. The number of aliphatic hydroxyl groups excluding tert-OH is 1. The van der Waals surface area contributed by atoms with Gasteiger partial charge in [-0.25, -0.2) is 4.79 Å². The summed E-state index contributed by atoms with van der Waals surface area (Å²) in [6, 6.07) is 8.63. The van der Waals surface area contributed by atoms with E-state index in [4.69, 9.17) is 9.84 Å². The van der Waals surface area contributed by atoms with Crippen LogP contribution in [0.5, 0.6) is 5.75 Å². The van der Waals surface area contributed by atoms with Gasteiger partial charge < -0.3 is 26.3 Å². The highest BCUT2D eigenvalue weighted by atomic mass is 16.5. The second-order valence-corrected chi connectivity index (χ2v) is 2.41. The summed E-state index contributed by atoms with van der Waals surface area (Å²) in [5, 5.41) is 8.81. The first kappa shape index (κ1) is 19.2. The SMILES string of the molecule is CC(O)C(=O)Oc1ccccc1.O.O.O. The summed E-state index contributed by atoms with van der Waals surface area (Å²) >= 11 is 0. The number of hydrogen-bond acceptors (Lipinski definition) is 3. The third kappa shape index (κ3) is 6.58. The standard InChI is InChI=1S/C9H10O3.3H2O/c1-7(10)9(11)12-8-5-3-2-4-6-8;;;/h2-7,10H,1H3;3*1H2. The Bertz CT molecular complexity index is 259. The number of aliphatic hydroxyl groups is 1. The van der Waals surface area contributed by atoms with E-state index < -0.39 is 12.1 Å². The predicted molar refractivity (Wildman–Crippen MR) is 54.6 cm³/mol. The number of carbonyl (C=O) groups is 1. The van der Waals surface area contributed by atoms with Gasteiger partial charge in [-0.15, -0.1) is 0 Å². The molecular formula is C9H16O6. The van der Waals surface area contributed by atoms with Crippen LogP contribution >= 0.6 is 0 Å². The number of carbonyl (C=O) groups excluding carboxylic acids is 1. The van der Waals surface area contributed by atoms with Crippen LogP contribution < -0.4 is 4.74 Å². The van der Waals surface area contributed by atoms with Crippen LogP contribution in [0, 0.1) is 0 Å². The molecule has 88 valence electrons. The Balaban J connectivity index is -0.000000480. The monoisotopic (exact) mass is 220 g/mol. The van der Waals surface area contributed by atoms with Crippen LogP contribution in [0.15, 0.2) is 30.3 Å². The molecule has 1 rings (SSSR count). The Kier molecular flexibility index (Phi) is 11.6. The Morgan fingerprint density at radius 3 is 2.07 bits per heavy atom. The van der Waals surface area contributed by atoms with E-state index in [-0.39, 0.29) is 16.4 Å². The normalized spacial score (nSPS) is 9.73. The summed E-state index contributed by atoms with van der Waals surface area (Å²) < 4.78 is 4.79. The van der Waals surface area contributed by atoms with Crippen molar-refractivity contribution in [3.8, 4) is 5.75 Å². The van der Waals surface area contributed by atoms with Gasteiger partial charge in [-0.2, -0.15) is 0 Å². The molecule has 0 heterocycles. The minimum atomic E-state index is -1.08. The van der Waals surface area contributed by atoms with Gasteiger partial charge >= 0.3 is 5.97 Å². The van der Waals surface area contributed by atoms with Gasteiger partial charge in [-0.05, 0) is 19.1 Å². The molecule has 1 aromatic carbocycles.